The molecule has 0 atom stereocenters. The Morgan fingerprint density at radius 3 is 2.41 bits per heavy atom. The van der Waals surface area contributed by atoms with Gasteiger partial charge >= 0.3 is 0 Å². The van der Waals surface area contributed by atoms with Crippen LogP contribution in [0.3, 0.4) is 0 Å². The van der Waals surface area contributed by atoms with Gasteiger partial charge in [0.2, 0.25) is 5.88 Å². The van der Waals surface area contributed by atoms with E-state index < -0.39 is 0 Å². The van der Waals surface area contributed by atoms with Crippen molar-refractivity contribution in [3.05, 3.63) is 18.1 Å². The quantitative estimate of drug-likeness (QED) is 0.475. The Balaban J connectivity index is 1.95. The van der Waals surface area contributed by atoms with E-state index in [1.165, 1.54) is 31.9 Å². The van der Waals surface area contributed by atoms with Gasteiger partial charge in [0.25, 0.3) is 0 Å². The Morgan fingerprint density at radius 1 is 1.18 bits per heavy atom. The number of nitrogens with two attached hydrogens (primary N) is 1. The number of nitrogens with one attached hydrogen (secondary N) is 1. The number of ether oxygens (including phenoxy) is 1. The van der Waals surface area contributed by atoms with Gasteiger partial charge in [-0.05, 0) is 25.7 Å². The van der Waals surface area contributed by atoms with Crippen LogP contribution in [0.1, 0.15) is 44.2 Å². The van der Waals surface area contributed by atoms with E-state index in [0.717, 1.165) is 12.8 Å². The lowest BCUT2D eigenvalue weighted by molar-refractivity contribution is 0.175. The molecular formula is C12H18N4O. The zero-order chi connectivity index (χ0) is 12.1. The Labute approximate surface area is 101 Å². The van der Waals surface area contributed by atoms with Crippen molar-refractivity contribution in [2.75, 3.05) is 0 Å². The fourth-order valence-corrected chi connectivity index (χ4v) is 2.05. The van der Waals surface area contributed by atoms with Gasteiger partial charge in [-0.1, -0.05) is 12.8 Å². The van der Waals surface area contributed by atoms with Crippen LogP contribution in [0.2, 0.25) is 0 Å². The topological polar surface area (TPSA) is 84.9 Å². The highest BCUT2D eigenvalue weighted by Gasteiger charge is 2.14. The van der Waals surface area contributed by atoms with Gasteiger partial charge in [-0.25, -0.2) is 9.97 Å². The molecule has 1 fully saturated rings. The van der Waals surface area contributed by atoms with Gasteiger partial charge in [-0.2, -0.15) is 0 Å². The second-order valence-electron chi connectivity index (χ2n) is 4.38. The summed E-state index contributed by atoms with van der Waals surface area (Å²) in [6.45, 7) is 0. The Kier molecular flexibility index (Phi) is 3.90. The van der Waals surface area contributed by atoms with Crippen LogP contribution < -0.4 is 10.5 Å². The largest absolute Gasteiger partial charge is 0.473 e. The molecular weight excluding hydrogens is 216 g/mol. The molecule has 5 heteroatoms. The van der Waals surface area contributed by atoms with Crippen LogP contribution in [-0.4, -0.2) is 21.9 Å². The number of hydrogen-bond acceptors (Lipinski definition) is 4. The van der Waals surface area contributed by atoms with E-state index in [9.17, 15) is 0 Å². The molecule has 17 heavy (non-hydrogen) atoms. The van der Waals surface area contributed by atoms with E-state index in [4.69, 9.17) is 15.9 Å². The van der Waals surface area contributed by atoms with Gasteiger partial charge in [-0.15, -0.1) is 0 Å². The summed E-state index contributed by atoms with van der Waals surface area (Å²) in [4.78, 5) is 8.15. The van der Waals surface area contributed by atoms with E-state index in [0.29, 0.717) is 11.6 Å². The summed E-state index contributed by atoms with van der Waals surface area (Å²) in [5.74, 6) is 0.459. The molecule has 1 heterocycles. The number of aromatic nitrogens is 2. The highest BCUT2D eigenvalue weighted by molar-refractivity contribution is 5.92. The SMILES string of the molecule is N=C(N)c1cnc(OC2CCCCCC2)cn1. The van der Waals surface area contributed by atoms with Gasteiger partial charge in [0.05, 0.1) is 12.4 Å². The van der Waals surface area contributed by atoms with Crippen molar-refractivity contribution in [2.24, 2.45) is 5.73 Å². The minimum absolute atomic E-state index is 0.0708. The summed E-state index contributed by atoms with van der Waals surface area (Å²) in [6, 6.07) is 0. The van der Waals surface area contributed by atoms with Crippen molar-refractivity contribution in [2.45, 2.75) is 44.6 Å². The number of hydrogen-bond donors (Lipinski definition) is 2. The second-order valence-corrected chi connectivity index (χ2v) is 4.38. The Morgan fingerprint density at radius 2 is 1.88 bits per heavy atom. The molecule has 0 spiro atoms. The van der Waals surface area contributed by atoms with Crippen molar-refractivity contribution in [1.29, 1.82) is 5.41 Å². The van der Waals surface area contributed by atoms with E-state index >= 15 is 0 Å². The summed E-state index contributed by atoms with van der Waals surface area (Å²) in [5.41, 5.74) is 5.70. The minimum Gasteiger partial charge on any atom is -0.473 e. The molecule has 0 aromatic carbocycles. The molecule has 3 N–H and O–H groups in total. The van der Waals surface area contributed by atoms with E-state index in [2.05, 4.69) is 9.97 Å². The van der Waals surface area contributed by atoms with Gasteiger partial charge in [0.15, 0.2) is 0 Å². The van der Waals surface area contributed by atoms with E-state index in [1.807, 2.05) is 0 Å². The Bertz CT molecular complexity index is 369. The smallest absolute Gasteiger partial charge is 0.232 e. The molecule has 1 aromatic rings. The number of rotatable bonds is 3. The van der Waals surface area contributed by atoms with E-state index in [-0.39, 0.29) is 11.9 Å². The van der Waals surface area contributed by atoms with Crippen LogP contribution in [0, 0.1) is 5.41 Å². The molecule has 0 amide bonds. The summed E-state index contributed by atoms with van der Waals surface area (Å²) < 4.78 is 5.79. The normalized spacial score (nSPS) is 17.4. The van der Waals surface area contributed by atoms with E-state index in [1.54, 1.807) is 6.20 Å². The molecule has 0 unspecified atom stereocenters. The van der Waals surface area contributed by atoms with Crippen molar-refractivity contribution in [3.8, 4) is 5.88 Å². The molecule has 1 aliphatic rings. The second kappa shape index (κ2) is 5.61. The molecule has 0 saturated heterocycles. The predicted octanol–water partition coefficient (Wildman–Crippen LogP) is 1.86. The maximum Gasteiger partial charge on any atom is 0.232 e. The van der Waals surface area contributed by atoms with Crippen LogP contribution in [0.25, 0.3) is 0 Å². The molecule has 92 valence electrons. The van der Waals surface area contributed by atoms with Gasteiger partial charge < -0.3 is 10.5 Å². The highest BCUT2D eigenvalue weighted by atomic mass is 16.5. The lowest BCUT2D eigenvalue weighted by atomic mass is 10.1. The zero-order valence-electron chi connectivity index (χ0n) is 9.85. The predicted molar refractivity (Wildman–Crippen MR) is 65.2 cm³/mol. The first kappa shape index (κ1) is 11.8. The van der Waals surface area contributed by atoms with Crippen LogP contribution >= 0.6 is 0 Å². The third-order valence-electron chi connectivity index (χ3n) is 2.99. The van der Waals surface area contributed by atoms with Crippen molar-refractivity contribution < 1.29 is 4.74 Å². The molecule has 0 aliphatic heterocycles. The van der Waals surface area contributed by atoms with Crippen molar-refractivity contribution >= 4 is 5.84 Å². The van der Waals surface area contributed by atoms with Crippen LogP contribution in [-0.2, 0) is 0 Å². The summed E-state index contributed by atoms with van der Waals surface area (Å²) in [7, 11) is 0. The third-order valence-corrected chi connectivity index (χ3v) is 2.99. The first-order valence-corrected chi connectivity index (χ1v) is 6.09. The minimum atomic E-state index is -0.0708. The first-order chi connectivity index (χ1) is 8.25. The number of nitrogen functional groups attached to an aromatic ring is 1. The van der Waals surface area contributed by atoms with Gasteiger partial charge in [-0.3, -0.25) is 5.41 Å². The average Bonchev–Trinajstić information content (AvgIpc) is 2.58. The lowest BCUT2D eigenvalue weighted by Gasteiger charge is -2.15. The summed E-state index contributed by atoms with van der Waals surface area (Å²) in [5, 5.41) is 7.22. The van der Waals surface area contributed by atoms with Gasteiger partial charge in [0.1, 0.15) is 17.6 Å². The van der Waals surface area contributed by atoms with Crippen molar-refractivity contribution in [1.82, 2.24) is 9.97 Å². The maximum atomic E-state index is 7.22. The lowest BCUT2D eigenvalue weighted by Crippen LogP contribution is -2.17. The third kappa shape index (κ3) is 3.41. The molecule has 0 bridgehead atoms. The molecule has 0 radical (unpaired) electrons. The Hall–Kier alpha value is -1.65. The first-order valence-electron chi connectivity index (χ1n) is 6.09. The molecule has 2 rings (SSSR count). The zero-order valence-corrected chi connectivity index (χ0v) is 9.85. The molecule has 1 aromatic heterocycles. The summed E-state index contributed by atoms with van der Waals surface area (Å²) >= 11 is 0. The number of amidine groups is 1. The number of nitrogens with zero attached hydrogens (tertiary/aromatic N) is 2. The average molecular weight is 234 g/mol. The highest BCUT2D eigenvalue weighted by Crippen LogP contribution is 2.21. The molecule has 1 aliphatic carbocycles. The van der Waals surface area contributed by atoms with Crippen molar-refractivity contribution in [3.63, 3.8) is 0 Å². The fraction of sp³-hybridized carbons (Fsp3) is 0.583. The summed E-state index contributed by atoms with van der Waals surface area (Å²) in [6.07, 6.45) is 10.5. The van der Waals surface area contributed by atoms with Crippen LogP contribution in [0.15, 0.2) is 12.4 Å². The monoisotopic (exact) mass is 234 g/mol. The molecule has 1 saturated carbocycles. The fourth-order valence-electron chi connectivity index (χ4n) is 2.05. The van der Waals surface area contributed by atoms with Crippen LogP contribution in [0.4, 0.5) is 0 Å². The van der Waals surface area contributed by atoms with Gasteiger partial charge in [0, 0.05) is 0 Å². The maximum absolute atomic E-state index is 7.22. The van der Waals surface area contributed by atoms with Crippen LogP contribution in [0.5, 0.6) is 5.88 Å². The standard InChI is InChI=1S/C12H18N4O/c13-12(14)10-7-16-11(8-15-10)17-9-5-3-1-2-4-6-9/h7-9H,1-6H2,(H3,13,14). The molecule has 5 nitrogen and oxygen atoms in total.